The Morgan fingerprint density at radius 2 is 2.00 bits per heavy atom. The van der Waals surface area contributed by atoms with Gasteiger partial charge in [0.1, 0.15) is 5.82 Å². The summed E-state index contributed by atoms with van der Waals surface area (Å²) in [4.78, 5) is 1.96. The fourth-order valence-electron chi connectivity index (χ4n) is 2.77. The lowest BCUT2D eigenvalue weighted by atomic mass is 9.83. The lowest BCUT2D eigenvalue weighted by molar-refractivity contribution is 0.413. The number of nitrogens with zero attached hydrogens (tertiary/aromatic N) is 2. The van der Waals surface area contributed by atoms with Crippen LogP contribution < -0.4 is 4.90 Å². The van der Waals surface area contributed by atoms with Gasteiger partial charge in [-0.3, -0.25) is 0 Å². The van der Waals surface area contributed by atoms with Crippen LogP contribution in [0, 0.1) is 5.82 Å². The molecule has 3 rings (SSSR count). The highest BCUT2D eigenvalue weighted by Gasteiger charge is 2.27. The summed E-state index contributed by atoms with van der Waals surface area (Å²) in [5, 5.41) is 4.18. The van der Waals surface area contributed by atoms with Crippen molar-refractivity contribution in [1.82, 2.24) is 5.16 Å². The summed E-state index contributed by atoms with van der Waals surface area (Å²) in [6.45, 7) is 0. The number of hydrogen-bond acceptors (Lipinski definition) is 3. The number of benzene rings is 1. The Kier molecular flexibility index (Phi) is 3.01. The molecule has 0 radical (unpaired) electrons. The zero-order chi connectivity index (χ0) is 13.4. The second-order valence-corrected chi connectivity index (χ2v) is 5.30. The number of fused-ring (bicyclic) bond motifs is 1. The van der Waals surface area contributed by atoms with Crippen LogP contribution in [0.1, 0.15) is 29.2 Å². The fraction of sp³-hybridized carbons (Fsp3) is 0.400. The highest BCUT2D eigenvalue weighted by Crippen LogP contribution is 2.36. The maximum atomic E-state index is 13.0. The number of rotatable bonds is 2. The third-order valence-electron chi connectivity index (χ3n) is 3.78. The molecule has 1 aromatic carbocycles. The maximum Gasteiger partial charge on any atom is 0.230 e. The summed E-state index contributed by atoms with van der Waals surface area (Å²) in [5.41, 5.74) is 3.45. The van der Waals surface area contributed by atoms with Crippen molar-refractivity contribution in [3.05, 3.63) is 46.9 Å². The van der Waals surface area contributed by atoms with E-state index in [1.54, 1.807) is 0 Å². The van der Waals surface area contributed by atoms with Gasteiger partial charge in [-0.1, -0.05) is 17.3 Å². The van der Waals surface area contributed by atoms with Crippen molar-refractivity contribution < 1.29 is 8.91 Å². The first kappa shape index (κ1) is 12.2. The minimum Gasteiger partial charge on any atom is -0.347 e. The molecule has 1 aromatic heterocycles. The third-order valence-corrected chi connectivity index (χ3v) is 3.78. The van der Waals surface area contributed by atoms with E-state index in [2.05, 4.69) is 5.16 Å². The molecule has 1 unspecified atom stereocenters. The van der Waals surface area contributed by atoms with Crippen molar-refractivity contribution in [1.29, 1.82) is 0 Å². The van der Waals surface area contributed by atoms with Gasteiger partial charge in [-0.2, -0.15) is 0 Å². The predicted octanol–water partition coefficient (Wildman–Crippen LogP) is 3.15. The molecule has 0 aliphatic heterocycles. The lowest BCUT2D eigenvalue weighted by Gasteiger charge is -2.22. The van der Waals surface area contributed by atoms with Crippen LogP contribution in [0.4, 0.5) is 10.3 Å². The van der Waals surface area contributed by atoms with E-state index in [0.717, 1.165) is 30.8 Å². The lowest BCUT2D eigenvalue weighted by Crippen LogP contribution is -2.15. The summed E-state index contributed by atoms with van der Waals surface area (Å²) in [5.74, 6) is 1.09. The smallest absolute Gasteiger partial charge is 0.230 e. The maximum absolute atomic E-state index is 13.0. The number of anilines is 1. The van der Waals surface area contributed by atoms with Gasteiger partial charge in [-0.05, 0) is 36.5 Å². The van der Waals surface area contributed by atoms with Crippen LogP contribution in [0.5, 0.6) is 0 Å². The molecule has 3 nitrogen and oxygen atoms in total. The Morgan fingerprint density at radius 3 is 2.68 bits per heavy atom. The standard InChI is InChI=1S/C15H17FN2O/c1-18(2)15-13-8-5-11(9-14(13)17-19-15)10-3-6-12(16)7-4-10/h3-4,6-7,11H,5,8-9H2,1-2H3. The SMILES string of the molecule is CN(C)c1onc2c1CCC(c1ccc(F)cc1)C2. The number of aromatic nitrogens is 1. The second-order valence-electron chi connectivity index (χ2n) is 5.30. The molecule has 1 atom stereocenters. The van der Waals surface area contributed by atoms with E-state index in [-0.39, 0.29) is 5.82 Å². The van der Waals surface area contributed by atoms with Crippen molar-refractivity contribution in [3.63, 3.8) is 0 Å². The van der Waals surface area contributed by atoms with E-state index in [0.29, 0.717) is 5.92 Å². The fourth-order valence-corrected chi connectivity index (χ4v) is 2.77. The molecule has 0 spiro atoms. The summed E-state index contributed by atoms with van der Waals surface area (Å²) in [6.07, 6.45) is 2.90. The van der Waals surface area contributed by atoms with Crippen molar-refractivity contribution in [2.45, 2.75) is 25.2 Å². The zero-order valence-corrected chi connectivity index (χ0v) is 11.2. The molecular weight excluding hydrogens is 243 g/mol. The van der Waals surface area contributed by atoms with E-state index >= 15 is 0 Å². The highest BCUT2D eigenvalue weighted by molar-refractivity contribution is 5.47. The average Bonchev–Trinajstić information content (AvgIpc) is 2.82. The number of hydrogen-bond donors (Lipinski definition) is 0. The molecular formula is C15H17FN2O. The molecule has 2 aromatic rings. The van der Waals surface area contributed by atoms with Gasteiger partial charge in [0.05, 0.1) is 5.69 Å². The normalized spacial score (nSPS) is 18.2. The summed E-state index contributed by atoms with van der Waals surface area (Å²) in [6, 6.07) is 6.80. The van der Waals surface area contributed by atoms with Crippen LogP contribution in [0.3, 0.4) is 0 Å². The Balaban J connectivity index is 1.84. The third kappa shape index (κ3) is 2.23. The van der Waals surface area contributed by atoms with Gasteiger partial charge in [0, 0.05) is 26.1 Å². The molecule has 0 amide bonds. The van der Waals surface area contributed by atoms with Crippen LogP contribution >= 0.6 is 0 Å². The predicted molar refractivity (Wildman–Crippen MR) is 72.0 cm³/mol. The quantitative estimate of drug-likeness (QED) is 0.830. The molecule has 1 aliphatic carbocycles. The summed E-state index contributed by atoms with van der Waals surface area (Å²) < 4.78 is 18.4. The van der Waals surface area contributed by atoms with Gasteiger partial charge in [-0.15, -0.1) is 0 Å². The van der Waals surface area contributed by atoms with Crippen molar-refractivity contribution in [2.24, 2.45) is 0 Å². The van der Waals surface area contributed by atoms with Crippen LogP contribution in [0.2, 0.25) is 0 Å². The minimum absolute atomic E-state index is 0.184. The molecule has 19 heavy (non-hydrogen) atoms. The molecule has 100 valence electrons. The average molecular weight is 260 g/mol. The van der Waals surface area contributed by atoms with Gasteiger partial charge in [0.15, 0.2) is 0 Å². The molecule has 0 saturated heterocycles. The molecule has 0 saturated carbocycles. The Hall–Kier alpha value is -1.84. The van der Waals surface area contributed by atoms with Gasteiger partial charge >= 0.3 is 0 Å². The Labute approximate surface area is 112 Å². The van der Waals surface area contributed by atoms with Crippen LogP contribution in [-0.4, -0.2) is 19.3 Å². The first-order valence-electron chi connectivity index (χ1n) is 6.55. The molecule has 0 fully saturated rings. The molecule has 0 bridgehead atoms. The summed E-state index contributed by atoms with van der Waals surface area (Å²) in [7, 11) is 3.93. The van der Waals surface area contributed by atoms with Gasteiger partial charge in [0.25, 0.3) is 0 Å². The van der Waals surface area contributed by atoms with Gasteiger partial charge in [0.2, 0.25) is 5.88 Å². The molecule has 1 heterocycles. The molecule has 0 N–H and O–H groups in total. The van der Waals surface area contributed by atoms with Crippen LogP contribution in [-0.2, 0) is 12.8 Å². The van der Waals surface area contributed by atoms with E-state index in [1.165, 1.54) is 23.3 Å². The van der Waals surface area contributed by atoms with Crippen molar-refractivity contribution >= 4 is 5.88 Å². The van der Waals surface area contributed by atoms with Gasteiger partial charge < -0.3 is 9.42 Å². The van der Waals surface area contributed by atoms with E-state index in [9.17, 15) is 4.39 Å². The van der Waals surface area contributed by atoms with Crippen LogP contribution in [0.15, 0.2) is 28.8 Å². The van der Waals surface area contributed by atoms with Gasteiger partial charge in [-0.25, -0.2) is 4.39 Å². The van der Waals surface area contributed by atoms with E-state index in [4.69, 9.17) is 4.52 Å². The molecule has 1 aliphatic rings. The molecule has 4 heteroatoms. The topological polar surface area (TPSA) is 29.3 Å². The highest BCUT2D eigenvalue weighted by atomic mass is 19.1. The second kappa shape index (κ2) is 4.68. The van der Waals surface area contributed by atoms with E-state index in [1.807, 2.05) is 31.1 Å². The van der Waals surface area contributed by atoms with Crippen LogP contribution in [0.25, 0.3) is 0 Å². The Morgan fingerprint density at radius 1 is 1.26 bits per heavy atom. The van der Waals surface area contributed by atoms with Crippen molar-refractivity contribution in [2.75, 3.05) is 19.0 Å². The first-order chi connectivity index (χ1) is 9.15. The number of halogens is 1. The monoisotopic (exact) mass is 260 g/mol. The largest absolute Gasteiger partial charge is 0.347 e. The minimum atomic E-state index is -0.184. The van der Waals surface area contributed by atoms with Crippen molar-refractivity contribution in [3.8, 4) is 0 Å². The van der Waals surface area contributed by atoms with E-state index < -0.39 is 0 Å². The first-order valence-corrected chi connectivity index (χ1v) is 6.55. The summed E-state index contributed by atoms with van der Waals surface area (Å²) >= 11 is 0. The Bertz CT molecular complexity index is 574. The zero-order valence-electron chi connectivity index (χ0n) is 11.2.